The van der Waals surface area contributed by atoms with Gasteiger partial charge in [-0.25, -0.2) is 4.39 Å². The molecule has 0 radical (unpaired) electrons. The van der Waals surface area contributed by atoms with Gasteiger partial charge in [-0.3, -0.25) is 0 Å². The number of rotatable bonds is 1. The Morgan fingerprint density at radius 2 is 2.00 bits per heavy atom. The molecule has 1 N–H and O–H groups in total. The molecule has 1 aromatic rings. The van der Waals surface area contributed by atoms with Crippen LogP contribution in [-0.2, 0) is 0 Å². The van der Waals surface area contributed by atoms with Crippen LogP contribution in [0.1, 0.15) is 19.4 Å². The molecule has 0 bridgehead atoms. The summed E-state index contributed by atoms with van der Waals surface area (Å²) in [6, 6.07) is 5.94. The lowest BCUT2D eigenvalue weighted by atomic mass is 10.2. The zero-order valence-electron chi connectivity index (χ0n) is 8.06. The van der Waals surface area contributed by atoms with Crippen molar-refractivity contribution in [3.05, 3.63) is 29.6 Å². The molecule has 0 atom stereocenters. The van der Waals surface area contributed by atoms with Gasteiger partial charge in [0, 0.05) is 7.05 Å². The minimum Gasteiger partial charge on any atom is -0.387 e. The molecule has 0 saturated carbocycles. The molecule has 13 heavy (non-hydrogen) atoms. The van der Waals surface area contributed by atoms with Gasteiger partial charge >= 0.3 is 0 Å². The maximum atomic E-state index is 12.5. The Labute approximate surface area is 78.0 Å². The van der Waals surface area contributed by atoms with E-state index in [2.05, 4.69) is 5.32 Å². The predicted octanol–water partition coefficient (Wildman–Crippen LogP) is 2.77. The van der Waals surface area contributed by atoms with E-state index >= 15 is 0 Å². The number of nitrogens with zero attached hydrogens (tertiary/aromatic N) is 1. The van der Waals surface area contributed by atoms with Crippen LogP contribution in [-0.4, -0.2) is 7.05 Å². The van der Waals surface area contributed by atoms with Crippen molar-refractivity contribution < 1.29 is 4.39 Å². The van der Waals surface area contributed by atoms with Gasteiger partial charge in [0.15, 0.2) is 0 Å². The molecule has 0 heterocycles. The lowest BCUT2D eigenvalue weighted by Gasteiger charge is -2.00. The van der Waals surface area contributed by atoms with E-state index < -0.39 is 0 Å². The number of hydrogen-bond donors (Lipinski definition) is 1. The molecular weight excluding hydrogens is 167 g/mol. The Balaban J connectivity index is 0.000000671. The summed E-state index contributed by atoms with van der Waals surface area (Å²) in [6.07, 6.45) is 0. The number of nitriles is 1. The molecule has 2 nitrogen and oxygen atoms in total. The third kappa shape index (κ3) is 3.12. The number of hydrogen-bond acceptors (Lipinski definition) is 2. The van der Waals surface area contributed by atoms with Crippen molar-refractivity contribution >= 4 is 5.69 Å². The van der Waals surface area contributed by atoms with Gasteiger partial charge in [-0.1, -0.05) is 13.8 Å². The third-order valence-electron chi connectivity index (χ3n) is 1.37. The maximum absolute atomic E-state index is 12.5. The summed E-state index contributed by atoms with van der Waals surface area (Å²) < 4.78 is 12.5. The summed E-state index contributed by atoms with van der Waals surface area (Å²) in [5.74, 6) is -0.339. The van der Waals surface area contributed by atoms with Gasteiger partial charge in [-0.2, -0.15) is 5.26 Å². The highest BCUT2D eigenvalue weighted by atomic mass is 19.1. The first-order chi connectivity index (χ1) is 6.27. The largest absolute Gasteiger partial charge is 0.387 e. The summed E-state index contributed by atoms with van der Waals surface area (Å²) in [5, 5.41) is 11.3. The number of benzene rings is 1. The molecule has 0 spiro atoms. The number of anilines is 1. The third-order valence-corrected chi connectivity index (χ3v) is 1.37. The molecule has 0 amide bonds. The van der Waals surface area contributed by atoms with Crippen LogP contribution >= 0.6 is 0 Å². The Kier molecular flexibility index (Phi) is 5.29. The molecule has 3 heteroatoms. The van der Waals surface area contributed by atoms with Gasteiger partial charge in [-0.05, 0) is 18.2 Å². The minimum atomic E-state index is -0.339. The average molecular weight is 180 g/mol. The molecule has 0 unspecified atom stereocenters. The Morgan fingerprint density at radius 1 is 1.38 bits per heavy atom. The van der Waals surface area contributed by atoms with Crippen molar-refractivity contribution in [3.8, 4) is 6.07 Å². The van der Waals surface area contributed by atoms with Crippen LogP contribution in [0.15, 0.2) is 18.2 Å². The first-order valence-corrected chi connectivity index (χ1v) is 4.15. The average Bonchev–Trinajstić information content (AvgIpc) is 2.20. The second-order valence-electron chi connectivity index (χ2n) is 2.05. The predicted molar refractivity (Wildman–Crippen MR) is 52.0 cm³/mol. The second-order valence-corrected chi connectivity index (χ2v) is 2.05. The summed E-state index contributed by atoms with van der Waals surface area (Å²) in [7, 11) is 1.65. The highest BCUT2D eigenvalue weighted by Gasteiger charge is 1.99. The van der Waals surface area contributed by atoms with Crippen LogP contribution in [0, 0.1) is 17.1 Å². The molecular formula is C10H13FN2. The molecule has 0 aliphatic carbocycles. The zero-order chi connectivity index (χ0) is 10.3. The van der Waals surface area contributed by atoms with Gasteiger partial charge < -0.3 is 5.32 Å². The van der Waals surface area contributed by atoms with Crippen molar-refractivity contribution in [2.24, 2.45) is 0 Å². The summed E-state index contributed by atoms with van der Waals surface area (Å²) in [5.41, 5.74) is 0.974. The standard InChI is InChI=1S/C8H7FN2.C2H6/c1-11-8-4-7(9)3-2-6(8)5-10;1-2/h2-4,11H,1H3;1-2H3. The zero-order valence-corrected chi connectivity index (χ0v) is 8.06. The van der Waals surface area contributed by atoms with Crippen LogP contribution in [0.3, 0.4) is 0 Å². The highest BCUT2D eigenvalue weighted by Crippen LogP contribution is 2.14. The van der Waals surface area contributed by atoms with Crippen molar-refractivity contribution in [2.45, 2.75) is 13.8 Å². The number of nitrogens with one attached hydrogen (secondary N) is 1. The molecule has 70 valence electrons. The summed E-state index contributed by atoms with van der Waals surface area (Å²) in [4.78, 5) is 0. The van der Waals surface area contributed by atoms with E-state index in [1.165, 1.54) is 18.2 Å². The van der Waals surface area contributed by atoms with Crippen LogP contribution in [0.4, 0.5) is 10.1 Å². The maximum Gasteiger partial charge on any atom is 0.125 e. The Hall–Kier alpha value is -1.56. The van der Waals surface area contributed by atoms with E-state index in [4.69, 9.17) is 5.26 Å². The van der Waals surface area contributed by atoms with E-state index in [9.17, 15) is 4.39 Å². The fourth-order valence-corrected chi connectivity index (χ4v) is 0.821. The summed E-state index contributed by atoms with van der Waals surface area (Å²) in [6.45, 7) is 4.00. The van der Waals surface area contributed by atoms with E-state index in [0.717, 1.165) is 0 Å². The van der Waals surface area contributed by atoms with Gasteiger partial charge in [0.2, 0.25) is 0 Å². The second kappa shape index (κ2) is 6.01. The van der Waals surface area contributed by atoms with Crippen LogP contribution in [0.2, 0.25) is 0 Å². The monoisotopic (exact) mass is 180 g/mol. The fourth-order valence-electron chi connectivity index (χ4n) is 0.821. The molecule has 0 aliphatic rings. The number of halogens is 1. The van der Waals surface area contributed by atoms with Crippen LogP contribution < -0.4 is 5.32 Å². The van der Waals surface area contributed by atoms with E-state index in [0.29, 0.717) is 11.3 Å². The molecule has 1 aromatic carbocycles. The first-order valence-electron chi connectivity index (χ1n) is 4.15. The van der Waals surface area contributed by atoms with Crippen LogP contribution in [0.25, 0.3) is 0 Å². The van der Waals surface area contributed by atoms with Crippen molar-refractivity contribution in [1.29, 1.82) is 5.26 Å². The smallest absolute Gasteiger partial charge is 0.125 e. The topological polar surface area (TPSA) is 35.8 Å². The normalized spacial score (nSPS) is 7.92. The van der Waals surface area contributed by atoms with Crippen molar-refractivity contribution in [2.75, 3.05) is 12.4 Å². The van der Waals surface area contributed by atoms with Gasteiger partial charge in [-0.15, -0.1) is 0 Å². The van der Waals surface area contributed by atoms with Gasteiger partial charge in [0.05, 0.1) is 11.3 Å². The molecule has 0 aromatic heterocycles. The van der Waals surface area contributed by atoms with Gasteiger partial charge in [0.1, 0.15) is 11.9 Å². The Bertz CT molecular complexity index is 302. The van der Waals surface area contributed by atoms with Crippen molar-refractivity contribution in [1.82, 2.24) is 0 Å². The van der Waals surface area contributed by atoms with Crippen LogP contribution in [0.5, 0.6) is 0 Å². The first kappa shape index (κ1) is 11.4. The van der Waals surface area contributed by atoms with E-state index in [1.807, 2.05) is 19.9 Å². The fraction of sp³-hybridized carbons (Fsp3) is 0.300. The molecule has 0 saturated heterocycles. The molecule has 0 fully saturated rings. The minimum absolute atomic E-state index is 0.339. The van der Waals surface area contributed by atoms with Gasteiger partial charge in [0.25, 0.3) is 0 Å². The lowest BCUT2D eigenvalue weighted by Crippen LogP contribution is -1.92. The van der Waals surface area contributed by atoms with Crippen molar-refractivity contribution in [3.63, 3.8) is 0 Å². The quantitative estimate of drug-likeness (QED) is 0.721. The Morgan fingerprint density at radius 3 is 2.46 bits per heavy atom. The highest BCUT2D eigenvalue weighted by molar-refractivity contribution is 5.56. The lowest BCUT2D eigenvalue weighted by molar-refractivity contribution is 0.628. The van der Waals surface area contributed by atoms with E-state index in [1.54, 1.807) is 7.05 Å². The van der Waals surface area contributed by atoms with E-state index in [-0.39, 0.29) is 5.82 Å². The molecule has 0 aliphatic heterocycles. The SMILES string of the molecule is CC.CNc1cc(F)ccc1C#N. The summed E-state index contributed by atoms with van der Waals surface area (Å²) >= 11 is 0. The molecule has 1 rings (SSSR count).